The van der Waals surface area contributed by atoms with Crippen molar-refractivity contribution in [3.8, 4) is 0 Å². The molecule has 1 saturated heterocycles. The van der Waals surface area contributed by atoms with E-state index in [1.807, 2.05) is 4.90 Å². The number of amides is 1. The van der Waals surface area contributed by atoms with Gasteiger partial charge in [-0.15, -0.1) is 11.3 Å². The van der Waals surface area contributed by atoms with Crippen molar-refractivity contribution in [2.45, 2.75) is 6.42 Å². The maximum absolute atomic E-state index is 13.0. The van der Waals surface area contributed by atoms with Gasteiger partial charge < -0.3 is 4.90 Å². The van der Waals surface area contributed by atoms with Crippen molar-refractivity contribution in [3.63, 3.8) is 0 Å². The Morgan fingerprint density at radius 1 is 1.31 bits per heavy atom. The topological polar surface area (TPSA) is 20.3 Å². The van der Waals surface area contributed by atoms with Gasteiger partial charge in [0.1, 0.15) is 5.82 Å². The Balaban J connectivity index is 2.01. The van der Waals surface area contributed by atoms with Gasteiger partial charge in [-0.2, -0.15) is 0 Å². The van der Waals surface area contributed by atoms with E-state index in [2.05, 4.69) is 0 Å². The minimum Gasteiger partial charge on any atom is -0.338 e. The molecule has 2 aromatic rings. The summed E-state index contributed by atoms with van der Waals surface area (Å²) in [6.07, 6.45) is 1.09. The van der Waals surface area contributed by atoms with Crippen molar-refractivity contribution >= 4 is 27.3 Å². The van der Waals surface area contributed by atoms with E-state index in [1.165, 1.54) is 23.5 Å². The summed E-state index contributed by atoms with van der Waals surface area (Å²) in [5, 5.41) is 0.814. The summed E-state index contributed by atoms with van der Waals surface area (Å²) in [7, 11) is 0. The first-order chi connectivity index (χ1) is 7.74. The Morgan fingerprint density at radius 2 is 2.12 bits per heavy atom. The van der Waals surface area contributed by atoms with Gasteiger partial charge in [-0.1, -0.05) is 0 Å². The van der Waals surface area contributed by atoms with Crippen LogP contribution in [0, 0.1) is 5.82 Å². The summed E-state index contributed by atoms with van der Waals surface area (Å²) < 4.78 is 14.0. The molecule has 3 rings (SSSR count). The van der Waals surface area contributed by atoms with Crippen LogP contribution in [-0.4, -0.2) is 23.9 Å². The van der Waals surface area contributed by atoms with E-state index in [0.29, 0.717) is 4.88 Å². The third-order valence-corrected chi connectivity index (χ3v) is 3.94. The van der Waals surface area contributed by atoms with Crippen LogP contribution >= 0.6 is 11.3 Å². The number of carbonyl (C=O) groups is 1. The van der Waals surface area contributed by atoms with E-state index in [0.717, 1.165) is 29.6 Å². The maximum atomic E-state index is 13.0. The van der Waals surface area contributed by atoms with E-state index < -0.39 is 0 Å². The van der Waals surface area contributed by atoms with E-state index >= 15 is 0 Å². The molecular weight excluding hydrogens is 225 g/mol. The lowest BCUT2D eigenvalue weighted by molar-refractivity contribution is 0.0657. The van der Waals surface area contributed by atoms with Crippen molar-refractivity contribution in [2.24, 2.45) is 0 Å². The Bertz CT molecular complexity index is 559. The van der Waals surface area contributed by atoms with Crippen LogP contribution in [0.1, 0.15) is 16.1 Å². The molecule has 0 bridgehead atoms. The second-order valence-corrected chi connectivity index (χ2v) is 5.02. The zero-order valence-electron chi connectivity index (χ0n) is 8.57. The van der Waals surface area contributed by atoms with Crippen molar-refractivity contribution in [3.05, 3.63) is 35.0 Å². The molecule has 0 N–H and O–H groups in total. The number of hydrogen-bond donors (Lipinski definition) is 0. The van der Waals surface area contributed by atoms with Crippen LogP contribution in [0.4, 0.5) is 4.39 Å². The normalized spacial score (nSPS) is 15.2. The molecule has 0 unspecified atom stereocenters. The molecule has 2 heterocycles. The fourth-order valence-electron chi connectivity index (χ4n) is 1.79. The molecule has 0 radical (unpaired) electrons. The number of carbonyl (C=O) groups excluding carboxylic acids is 1. The molecule has 0 spiro atoms. The van der Waals surface area contributed by atoms with Crippen LogP contribution in [0.2, 0.25) is 0 Å². The molecule has 1 fully saturated rings. The summed E-state index contributed by atoms with van der Waals surface area (Å²) in [5.74, 6) is -0.180. The minimum atomic E-state index is -0.256. The lowest BCUT2D eigenvalue weighted by Gasteiger charge is -2.30. The van der Waals surface area contributed by atoms with Crippen molar-refractivity contribution in [1.82, 2.24) is 4.90 Å². The molecular formula is C12H10FNOS. The number of benzene rings is 1. The number of nitrogens with zero attached hydrogens (tertiary/aromatic N) is 1. The monoisotopic (exact) mass is 235 g/mol. The SMILES string of the molecule is O=C(c1cc2cc(F)ccc2s1)N1CCC1. The predicted octanol–water partition coefficient (Wildman–Crippen LogP) is 2.89. The molecule has 0 aliphatic carbocycles. The number of likely N-dealkylation sites (tertiary alicyclic amines) is 1. The third-order valence-electron chi connectivity index (χ3n) is 2.83. The first-order valence-electron chi connectivity index (χ1n) is 5.22. The third kappa shape index (κ3) is 1.50. The summed E-state index contributed by atoms with van der Waals surface area (Å²) in [6, 6.07) is 6.40. The van der Waals surface area contributed by atoms with Gasteiger partial charge in [0.25, 0.3) is 5.91 Å². The van der Waals surface area contributed by atoms with Gasteiger partial charge in [-0.3, -0.25) is 4.79 Å². The first-order valence-corrected chi connectivity index (χ1v) is 6.04. The molecule has 0 saturated carbocycles. The van der Waals surface area contributed by atoms with Crippen molar-refractivity contribution < 1.29 is 9.18 Å². The van der Waals surface area contributed by atoms with Crippen LogP contribution in [-0.2, 0) is 0 Å². The van der Waals surface area contributed by atoms with Gasteiger partial charge in [-0.25, -0.2) is 4.39 Å². The largest absolute Gasteiger partial charge is 0.338 e. The second-order valence-electron chi connectivity index (χ2n) is 3.94. The average Bonchev–Trinajstić information content (AvgIpc) is 2.57. The highest BCUT2D eigenvalue weighted by Crippen LogP contribution is 2.28. The van der Waals surface area contributed by atoms with Gasteiger partial charge in [0.05, 0.1) is 4.88 Å². The Hall–Kier alpha value is -1.42. The standard InChI is InChI=1S/C12H10FNOS/c13-9-2-3-10-8(6-9)7-11(16-10)12(15)14-4-1-5-14/h2-3,6-7H,1,4-5H2. The van der Waals surface area contributed by atoms with Crippen LogP contribution in [0.5, 0.6) is 0 Å². The van der Waals surface area contributed by atoms with Crippen LogP contribution in [0.15, 0.2) is 24.3 Å². The van der Waals surface area contributed by atoms with Crippen molar-refractivity contribution in [1.29, 1.82) is 0 Å². The highest BCUT2D eigenvalue weighted by Gasteiger charge is 2.23. The van der Waals surface area contributed by atoms with E-state index in [-0.39, 0.29) is 11.7 Å². The molecule has 1 aromatic heterocycles. The molecule has 2 nitrogen and oxygen atoms in total. The van der Waals surface area contributed by atoms with Crippen LogP contribution in [0.25, 0.3) is 10.1 Å². The smallest absolute Gasteiger partial charge is 0.263 e. The van der Waals surface area contributed by atoms with Crippen LogP contribution in [0.3, 0.4) is 0 Å². The lowest BCUT2D eigenvalue weighted by atomic mass is 10.2. The summed E-state index contributed by atoms with van der Waals surface area (Å²) in [6.45, 7) is 1.70. The van der Waals surface area contributed by atoms with Gasteiger partial charge >= 0.3 is 0 Å². The zero-order valence-corrected chi connectivity index (χ0v) is 9.39. The Kier molecular flexibility index (Phi) is 2.17. The fraction of sp³-hybridized carbons (Fsp3) is 0.250. The maximum Gasteiger partial charge on any atom is 0.263 e. The number of thiophene rings is 1. The van der Waals surface area contributed by atoms with Gasteiger partial charge in [0, 0.05) is 17.8 Å². The lowest BCUT2D eigenvalue weighted by Crippen LogP contribution is -2.41. The molecule has 1 aliphatic rings. The molecule has 1 amide bonds. The quantitative estimate of drug-likeness (QED) is 0.744. The first kappa shape index (κ1) is 9.78. The number of halogens is 1. The fourth-order valence-corrected chi connectivity index (χ4v) is 2.81. The molecule has 1 aromatic carbocycles. The number of rotatable bonds is 1. The summed E-state index contributed by atoms with van der Waals surface area (Å²) >= 11 is 1.43. The Labute approximate surface area is 96.3 Å². The molecule has 0 atom stereocenters. The number of fused-ring (bicyclic) bond motifs is 1. The molecule has 4 heteroatoms. The van der Waals surface area contributed by atoms with E-state index in [4.69, 9.17) is 0 Å². The number of hydrogen-bond acceptors (Lipinski definition) is 2. The molecule has 82 valence electrons. The second kappa shape index (κ2) is 3.56. The summed E-state index contributed by atoms with van der Waals surface area (Å²) in [4.78, 5) is 14.5. The van der Waals surface area contributed by atoms with Crippen molar-refractivity contribution in [2.75, 3.05) is 13.1 Å². The zero-order chi connectivity index (χ0) is 11.1. The minimum absolute atomic E-state index is 0.0767. The highest BCUT2D eigenvalue weighted by molar-refractivity contribution is 7.20. The van der Waals surface area contributed by atoms with Gasteiger partial charge in [-0.05, 0) is 36.1 Å². The predicted molar refractivity (Wildman–Crippen MR) is 62.3 cm³/mol. The highest BCUT2D eigenvalue weighted by atomic mass is 32.1. The van der Waals surface area contributed by atoms with E-state index in [1.54, 1.807) is 12.1 Å². The van der Waals surface area contributed by atoms with Crippen LogP contribution < -0.4 is 0 Å². The molecule has 16 heavy (non-hydrogen) atoms. The average molecular weight is 235 g/mol. The van der Waals surface area contributed by atoms with Gasteiger partial charge in [0.2, 0.25) is 0 Å². The van der Waals surface area contributed by atoms with Gasteiger partial charge in [0.15, 0.2) is 0 Å². The Morgan fingerprint density at radius 3 is 2.81 bits per heavy atom. The van der Waals surface area contributed by atoms with E-state index in [9.17, 15) is 9.18 Å². The molecule has 1 aliphatic heterocycles. The summed E-state index contributed by atoms with van der Waals surface area (Å²) in [5.41, 5.74) is 0.